The first-order valence-corrected chi connectivity index (χ1v) is 12.8. The van der Waals surface area contributed by atoms with Crippen LogP contribution in [0.2, 0.25) is 5.02 Å². The second kappa shape index (κ2) is 13.0. The van der Waals surface area contributed by atoms with E-state index < -0.39 is 6.04 Å². The van der Waals surface area contributed by atoms with Gasteiger partial charge < -0.3 is 15.0 Å². The second-order valence-corrected chi connectivity index (χ2v) is 9.93. The van der Waals surface area contributed by atoms with Crippen LogP contribution in [0.1, 0.15) is 57.4 Å². The van der Waals surface area contributed by atoms with E-state index in [1.807, 2.05) is 31.2 Å². The molecular formula is C26H32BrClN2O3. The van der Waals surface area contributed by atoms with Crippen LogP contribution in [0.25, 0.3) is 0 Å². The normalized spacial score (nSPS) is 15.0. The molecule has 2 amide bonds. The van der Waals surface area contributed by atoms with Crippen molar-refractivity contribution >= 4 is 39.3 Å². The molecule has 0 unspecified atom stereocenters. The molecule has 1 atom stereocenters. The van der Waals surface area contributed by atoms with Gasteiger partial charge >= 0.3 is 0 Å². The van der Waals surface area contributed by atoms with Gasteiger partial charge in [-0.1, -0.05) is 58.9 Å². The highest BCUT2D eigenvalue weighted by Gasteiger charge is 2.27. The molecule has 0 radical (unpaired) electrons. The summed E-state index contributed by atoms with van der Waals surface area (Å²) >= 11 is 9.39. The highest BCUT2D eigenvalue weighted by Crippen LogP contribution is 2.20. The smallest absolute Gasteiger partial charge is 0.242 e. The zero-order valence-corrected chi connectivity index (χ0v) is 21.4. The Morgan fingerprint density at radius 3 is 2.58 bits per heavy atom. The molecular weight excluding hydrogens is 504 g/mol. The summed E-state index contributed by atoms with van der Waals surface area (Å²) in [6, 6.07) is 14.7. The lowest BCUT2D eigenvalue weighted by molar-refractivity contribution is -0.141. The van der Waals surface area contributed by atoms with Gasteiger partial charge in [0, 0.05) is 28.5 Å². The lowest BCUT2D eigenvalue weighted by Gasteiger charge is -2.31. The van der Waals surface area contributed by atoms with Gasteiger partial charge in [0.05, 0.1) is 6.61 Å². The Kier molecular flexibility index (Phi) is 10.1. The first-order chi connectivity index (χ1) is 15.9. The lowest BCUT2D eigenvalue weighted by atomic mass is 9.95. The molecule has 33 heavy (non-hydrogen) atoms. The number of nitrogens with one attached hydrogen (secondary N) is 1. The Bertz CT molecular complexity index is 916. The molecule has 0 bridgehead atoms. The molecule has 1 aliphatic carbocycles. The van der Waals surface area contributed by atoms with Crippen LogP contribution >= 0.6 is 27.5 Å². The number of hydrogen-bond acceptors (Lipinski definition) is 3. The van der Waals surface area contributed by atoms with Crippen molar-refractivity contribution in [2.75, 3.05) is 6.61 Å². The fourth-order valence-corrected chi connectivity index (χ4v) is 4.64. The maximum absolute atomic E-state index is 13.2. The summed E-state index contributed by atoms with van der Waals surface area (Å²) in [5.74, 6) is 0.585. The standard InChI is InChI=1S/C26H32BrClN2O3/c1-19(26(32)29-23-9-3-2-4-10-23)30(18-20-7-5-8-21(27)17-20)25(31)11-6-16-33-24-14-12-22(28)13-15-24/h5,7-8,12-15,17,19,23H,2-4,6,9-11,16,18H2,1H3,(H,29,32)/t19-/m1/s1. The van der Waals surface area contributed by atoms with Crippen LogP contribution in [0.5, 0.6) is 5.75 Å². The molecule has 0 saturated heterocycles. The van der Waals surface area contributed by atoms with E-state index in [1.165, 1.54) is 6.42 Å². The number of carbonyl (C=O) groups excluding carboxylic acids is 2. The van der Waals surface area contributed by atoms with Gasteiger partial charge in [-0.25, -0.2) is 0 Å². The van der Waals surface area contributed by atoms with Gasteiger partial charge in [-0.3, -0.25) is 9.59 Å². The summed E-state index contributed by atoms with van der Waals surface area (Å²) in [7, 11) is 0. The number of amides is 2. The van der Waals surface area contributed by atoms with Gasteiger partial charge in [-0.05, 0) is 68.1 Å². The molecule has 0 heterocycles. The number of ether oxygens (including phenoxy) is 1. The molecule has 0 aliphatic heterocycles. The van der Waals surface area contributed by atoms with Crippen LogP contribution in [0.15, 0.2) is 53.0 Å². The van der Waals surface area contributed by atoms with Crippen molar-refractivity contribution in [3.63, 3.8) is 0 Å². The van der Waals surface area contributed by atoms with Crippen molar-refractivity contribution in [2.24, 2.45) is 0 Å². The van der Waals surface area contributed by atoms with Crippen molar-refractivity contribution in [1.82, 2.24) is 10.2 Å². The van der Waals surface area contributed by atoms with Crippen molar-refractivity contribution in [2.45, 2.75) is 70.5 Å². The third-order valence-corrected chi connectivity index (χ3v) is 6.72. The first kappa shape index (κ1) is 25.6. The molecule has 1 saturated carbocycles. The number of hydrogen-bond donors (Lipinski definition) is 1. The second-order valence-electron chi connectivity index (χ2n) is 8.58. The number of halogens is 2. The van der Waals surface area contributed by atoms with Crippen LogP contribution < -0.4 is 10.1 Å². The van der Waals surface area contributed by atoms with Crippen LogP contribution in [0, 0.1) is 0 Å². The molecule has 178 valence electrons. The quantitative estimate of drug-likeness (QED) is 0.373. The fourth-order valence-electron chi connectivity index (χ4n) is 4.07. The molecule has 1 N–H and O–H groups in total. The maximum atomic E-state index is 13.2. The van der Waals surface area contributed by atoms with Crippen molar-refractivity contribution in [1.29, 1.82) is 0 Å². The summed E-state index contributed by atoms with van der Waals surface area (Å²) in [6.45, 7) is 2.62. The van der Waals surface area contributed by atoms with Gasteiger partial charge in [0.25, 0.3) is 0 Å². The van der Waals surface area contributed by atoms with E-state index in [0.29, 0.717) is 31.0 Å². The Labute approximate surface area is 210 Å². The molecule has 1 fully saturated rings. The van der Waals surface area contributed by atoms with Crippen molar-refractivity contribution in [3.05, 3.63) is 63.6 Å². The number of nitrogens with zero attached hydrogens (tertiary/aromatic N) is 1. The predicted octanol–water partition coefficient (Wildman–Crippen LogP) is 6.13. The number of benzene rings is 2. The molecule has 2 aromatic carbocycles. The Hall–Kier alpha value is -2.05. The van der Waals surface area contributed by atoms with Gasteiger partial charge in [0.2, 0.25) is 11.8 Å². The summed E-state index contributed by atoms with van der Waals surface area (Å²) in [5, 5.41) is 3.82. The minimum absolute atomic E-state index is 0.0547. The third-order valence-electron chi connectivity index (χ3n) is 5.98. The van der Waals surface area contributed by atoms with Gasteiger partial charge in [-0.15, -0.1) is 0 Å². The van der Waals surface area contributed by atoms with Gasteiger partial charge in [0.1, 0.15) is 11.8 Å². The zero-order valence-electron chi connectivity index (χ0n) is 19.1. The van der Waals surface area contributed by atoms with E-state index in [1.54, 1.807) is 29.2 Å². The Balaban J connectivity index is 1.60. The van der Waals surface area contributed by atoms with Crippen molar-refractivity contribution in [3.8, 4) is 5.75 Å². The number of carbonyl (C=O) groups is 2. The van der Waals surface area contributed by atoms with Crippen LogP contribution in [0.3, 0.4) is 0 Å². The SMILES string of the molecule is C[C@H](C(=O)NC1CCCCC1)N(Cc1cccc(Br)c1)C(=O)CCCOc1ccc(Cl)cc1. The first-order valence-electron chi connectivity index (χ1n) is 11.6. The van der Waals surface area contributed by atoms with E-state index in [0.717, 1.165) is 41.5 Å². The Morgan fingerprint density at radius 1 is 1.15 bits per heavy atom. The highest BCUT2D eigenvalue weighted by atomic mass is 79.9. The average molecular weight is 536 g/mol. The fraction of sp³-hybridized carbons (Fsp3) is 0.462. The Morgan fingerprint density at radius 2 is 1.88 bits per heavy atom. The molecule has 0 spiro atoms. The molecule has 2 aromatic rings. The van der Waals surface area contributed by atoms with E-state index >= 15 is 0 Å². The summed E-state index contributed by atoms with van der Waals surface area (Å²) < 4.78 is 6.67. The number of rotatable bonds is 10. The average Bonchev–Trinajstić information content (AvgIpc) is 2.81. The summed E-state index contributed by atoms with van der Waals surface area (Å²) in [6.07, 6.45) is 6.42. The van der Waals surface area contributed by atoms with Gasteiger partial charge in [0.15, 0.2) is 0 Å². The van der Waals surface area contributed by atoms with Crippen LogP contribution in [-0.4, -0.2) is 35.4 Å². The third kappa shape index (κ3) is 8.35. The molecule has 1 aliphatic rings. The monoisotopic (exact) mass is 534 g/mol. The van der Waals surface area contributed by atoms with E-state index in [2.05, 4.69) is 21.2 Å². The van der Waals surface area contributed by atoms with Crippen molar-refractivity contribution < 1.29 is 14.3 Å². The lowest BCUT2D eigenvalue weighted by Crippen LogP contribution is -2.50. The van der Waals surface area contributed by atoms with Crippen LogP contribution in [-0.2, 0) is 16.1 Å². The predicted molar refractivity (Wildman–Crippen MR) is 135 cm³/mol. The highest BCUT2D eigenvalue weighted by molar-refractivity contribution is 9.10. The van der Waals surface area contributed by atoms with E-state index in [4.69, 9.17) is 16.3 Å². The largest absolute Gasteiger partial charge is 0.494 e. The van der Waals surface area contributed by atoms with E-state index in [9.17, 15) is 9.59 Å². The summed E-state index contributed by atoms with van der Waals surface area (Å²) in [4.78, 5) is 27.9. The molecule has 3 rings (SSSR count). The minimum atomic E-state index is -0.546. The topological polar surface area (TPSA) is 58.6 Å². The maximum Gasteiger partial charge on any atom is 0.242 e. The van der Waals surface area contributed by atoms with Gasteiger partial charge in [-0.2, -0.15) is 0 Å². The molecule has 5 nitrogen and oxygen atoms in total. The van der Waals surface area contributed by atoms with Crippen LogP contribution in [0.4, 0.5) is 0 Å². The van der Waals surface area contributed by atoms with E-state index in [-0.39, 0.29) is 17.9 Å². The zero-order chi connectivity index (χ0) is 23.6. The molecule has 0 aromatic heterocycles. The minimum Gasteiger partial charge on any atom is -0.494 e. The summed E-state index contributed by atoms with van der Waals surface area (Å²) in [5.41, 5.74) is 0.979. The molecule has 7 heteroatoms.